The molecule has 2 rings (SSSR count). The van der Waals surface area contributed by atoms with Gasteiger partial charge in [-0.2, -0.15) is 0 Å². The third-order valence-electron chi connectivity index (χ3n) is 2.37. The molecule has 0 radical (unpaired) electrons. The Labute approximate surface area is 87.8 Å². The summed E-state index contributed by atoms with van der Waals surface area (Å²) in [7, 11) is 1.68. The summed E-state index contributed by atoms with van der Waals surface area (Å²) >= 11 is 0. The van der Waals surface area contributed by atoms with Gasteiger partial charge in [0.15, 0.2) is 0 Å². The molecule has 5 nitrogen and oxygen atoms in total. The van der Waals surface area contributed by atoms with Crippen molar-refractivity contribution in [2.45, 2.75) is 18.8 Å². The summed E-state index contributed by atoms with van der Waals surface area (Å²) in [6, 6.07) is 1.90. The number of aliphatic carboxylic acids is 1. The molecule has 0 unspecified atom stereocenters. The highest BCUT2D eigenvalue weighted by atomic mass is 16.4. The second-order valence-electron chi connectivity index (χ2n) is 3.81. The van der Waals surface area contributed by atoms with E-state index in [9.17, 15) is 4.79 Å². The van der Waals surface area contributed by atoms with Gasteiger partial charge in [-0.15, -0.1) is 0 Å². The van der Waals surface area contributed by atoms with Crippen molar-refractivity contribution in [1.29, 1.82) is 0 Å². The van der Waals surface area contributed by atoms with Crippen LogP contribution in [0.1, 0.15) is 24.5 Å². The average Bonchev–Trinajstić information content (AvgIpc) is 3.00. The van der Waals surface area contributed by atoms with Gasteiger partial charge in [0.05, 0.1) is 0 Å². The lowest BCUT2D eigenvalue weighted by Gasteiger charge is -2.14. The molecule has 0 saturated heterocycles. The molecule has 5 heteroatoms. The third-order valence-corrected chi connectivity index (χ3v) is 2.37. The molecule has 0 atom stereocenters. The lowest BCUT2D eigenvalue weighted by atomic mass is 10.3. The van der Waals surface area contributed by atoms with E-state index < -0.39 is 5.97 Å². The van der Waals surface area contributed by atoms with Crippen molar-refractivity contribution < 1.29 is 9.90 Å². The largest absolute Gasteiger partial charge is 0.480 e. The lowest BCUT2D eigenvalue weighted by Crippen LogP contribution is -2.27. The topological polar surface area (TPSA) is 66.3 Å². The Balaban J connectivity index is 2.12. The predicted molar refractivity (Wildman–Crippen MR) is 54.9 cm³/mol. The number of rotatable bonds is 4. The molecule has 80 valence electrons. The molecule has 1 aromatic rings. The van der Waals surface area contributed by atoms with Gasteiger partial charge >= 0.3 is 5.97 Å². The van der Waals surface area contributed by atoms with Crippen LogP contribution >= 0.6 is 0 Å². The fourth-order valence-electron chi connectivity index (χ4n) is 1.43. The van der Waals surface area contributed by atoms with Crippen LogP contribution < -0.4 is 4.90 Å². The SMILES string of the molecule is CN(CC(=O)O)c1nccc(C2CC2)n1. The zero-order chi connectivity index (χ0) is 10.8. The van der Waals surface area contributed by atoms with E-state index in [1.165, 1.54) is 17.7 Å². The van der Waals surface area contributed by atoms with Crippen LogP contribution in [0, 0.1) is 0 Å². The van der Waals surface area contributed by atoms with E-state index in [0.29, 0.717) is 11.9 Å². The number of hydrogen-bond acceptors (Lipinski definition) is 4. The minimum absolute atomic E-state index is 0.0753. The molecule has 1 heterocycles. The van der Waals surface area contributed by atoms with Crippen LogP contribution in [0.5, 0.6) is 0 Å². The maximum Gasteiger partial charge on any atom is 0.323 e. The third kappa shape index (κ3) is 2.43. The normalized spacial score (nSPS) is 15.0. The fraction of sp³-hybridized carbons (Fsp3) is 0.500. The number of carboxylic acids is 1. The summed E-state index contributed by atoms with van der Waals surface area (Å²) in [6.07, 6.45) is 4.05. The molecule has 0 spiro atoms. The first-order chi connectivity index (χ1) is 7.16. The van der Waals surface area contributed by atoms with Crippen molar-refractivity contribution in [3.05, 3.63) is 18.0 Å². The van der Waals surface area contributed by atoms with E-state index >= 15 is 0 Å². The lowest BCUT2D eigenvalue weighted by molar-refractivity contribution is -0.135. The summed E-state index contributed by atoms with van der Waals surface area (Å²) in [5.41, 5.74) is 1.03. The molecular formula is C10H13N3O2. The minimum Gasteiger partial charge on any atom is -0.480 e. The van der Waals surface area contributed by atoms with Crippen molar-refractivity contribution in [2.75, 3.05) is 18.5 Å². The van der Waals surface area contributed by atoms with Gasteiger partial charge in [0.25, 0.3) is 0 Å². The quantitative estimate of drug-likeness (QED) is 0.793. The van der Waals surface area contributed by atoms with Crippen LogP contribution in [0.4, 0.5) is 5.95 Å². The highest BCUT2D eigenvalue weighted by molar-refractivity contribution is 5.72. The van der Waals surface area contributed by atoms with Crippen molar-refractivity contribution in [3.8, 4) is 0 Å². The fourth-order valence-corrected chi connectivity index (χ4v) is 1.43. The monoisotopic (exact) mass is 207 g/mol. The Morgan fingerprint density at radius 1 is 1.67 bits per heavy atom. The number of aromatic nitrogens is 2. The second kappa shape index (κ2) is 3.84. The van der Waals surface area contributed by atoms with Gasteiger partial charge in [-0.3, -0.25) is 4.79 Å². The zero-order valence-electron chi connectivity index (χ0n) is 8.55. The minimum atomic E-state index is -0.877. The standard InChI is InChI=1S/C10H13N3O2/c1-13(6-9(14)15)10-11-5-4-8(12-10)7-2-3-7/h4-5,7H,2-3,6H2,1H3,(H,14,15). The Kier molecular flexibility index (Phi) is 2.53. The molecule has 0 amide bonds. The van der Waals surface area contributed by atoms with Gasteiger partial charge in [0, 0.05) is 24.9 Å². The first kappa shape index (κ1) is 9.89. The number of carboxylic acid groups (broad SMARTS) is 1. The highest BCUT2D eigenvalue weighted by Gasteiger charge is 2.25. The Morgan fingerprint density at radius 2 is 2.40 bits per heavy atom. The van der Waals surface area contributed by atoms with Crippen molar-refractivity contribution in [3.63, 3.8) is 0 Å². The van der Waals surface area contributed by atoms with Crippen molar-refractivity contribution in [2.24, 2.45) is 0 Å². The Hall–Kier alpha value is -1.65. The number of likely N-dealkylation sites (N-methyl/N-ethyl adjacent to an activating group) is 1. The van der Waals surface area contributed by atoms with Gasteiger partial charge in [0.1, 0.15) is 6.54 Å². The van der Waals surface area contributed by atoms with Crippen LogP contribution in [-0.2, 0) is 4.79 Å². The summed E-state index contributed by atoms with van der Waals surface area (Å²) in [5, 5.41) is 8.64. The summed E-state index contributed by atoms with van der Waals surface area (Å²) < 4.78 is 0. The first-order valence-electron chi connectivity index (χ1n) is 4.92. The molecule has 1 aliphatic carbocycles. The molecular weight excluding hydrogens is 194 g/mol. The van der Waals surface area contributed by atoms with Gasteiger partial charge in [0.2, 0.25) is 5.95 Å². The predicted octanol–water partition coefficient (Wildman–Crippen LogP) is 0.875. The summed E-state index contributed by atoms with van der Waals surface area (Å²) in [4.78, 5) is 20.4. The number of hydrogen-bond donors (Lipinski definition) is 1. The zero-order valence-corrected chi connectivity index (χ0v) is 8.55. The van der Waals surface area contributed by atoms with E-state index in [1.54, 1.807) is 13.2 Å². The van der Waals surface area contributed by atoms with Crippen LogP contribution in [0.2, 0.25) is 0 Å². The number of anilines is 1. The van der Waals surface area contributed by atoms with Crippen LogP contribution in [0.3, 0.4) is 0 Å². The van der Waals surface area contributed by atoms with Crippen LogP contribution in [-0.4, -0.2) is 34.6 Å². The number of nitrogens with zero attached hydrogens (tertiary/aromatic N) is 3. The maximum atomic E-state index is 10.5. The smallest absolute Gasteiger partial charge is 0.323 e. The van der Waals surface area contributed by atoms with Crippen molar-refractivity contribution >= 4 is 11.9 Å². The molecule has 1 aliphatic rings. The molecule has 0 aliphatic heterocycles. The van der Waals surface area contributed by atoms with E-state index in [2.05, 4.69) is 9.97 Å². The average molecular weight is 207 g/mol. The summed E-state index contributed by atoms with van der Waals surface area (Å²) in [6.45, 7) is -0.0753. The van der Waals surface area contributed by atoms with Gasteiger partial charge in [-0.05, 0) is 18.9 Å². The van der Waals surface area contributed by atoms with E-state index in [0.717, 1.165) is 5.69 Å². The van der Waals surface area contributed by atoms with Crippen LogP contribution in [0.15, 0.2) is 12.3 Å². The molecule has 1 N–H and O–H groups in total. The van der Waals surface area contributed by atoms with Gasteiger partial charge in [-0.25, -0.2) is 9.97 Å². The molecule has 1 fully saturated rings. The molecule has 1 aromatic heterocycles. The molecule has 0 aromatic carbocycles. The molecule has 15 heavy (non-hydrogen) atoms. The van der Waals surface area contributed by atoms with E-state index in [-0.39, 0.29) is 6.54 Å². The molecule has 0 bridgehead atoms. The van der Waals surface area contributed by atoms with Gasteiger partial charge < -0.3 is 10.0 Å². The van der Waals surface area contributed by atoms with Gasteiger partial charge in [-0.1, -0.05) is 0 Å². The first-order valence-corrected chi connectivity index (χ1v) is 4.92. The van der Waals surface area contributed by atoms with E-state index in [1.807, 2.05) is 6.07 Å². The van der Waals surface area contributed by atoms with Crippen LogP contribution in [0.25, 0.3) is 0 Å². The number of carbonyl (C=O) groups is 1. The highest BCUT2D eigenvalue weighted by Crippen LogP contribution is 2.38. The Bertz CT molecular complexity index is 377. The second-order valence-corrected chi connectivity index (χ2v) is 3.81. The van der Waals surface area contributed by atoms with E-state index in [4.69, 9.17) is 5.11 Å². The van der Waals surface area contributed by atoms with Crippen molar-refractivity contribution in [1.82, 2.24) is 9.97 Å². The Morgan fingerprint density at radius 3 is 3.00 bits per heavy atom. The summed E-state index contributed by atoms with van der Waals surface area (Å²) in [5.74, 6) is 0.171. The maximum absolute atomic E-state index is 10.5. The molecule has 1 saturated carbocycles.